The molecule has 3 rings (SSSR count). The lowest BCUT2D eigenvalue weighted by atomic mass is 10.1. The number of anilines is 2. The molecule has 0 aliphatic rings. The third-order valence-corrected chi connectivity index (χ3v) is 5.95. The van der Waals surface area contributed by atoms with Gasteiger partial charge < -0.3 is 29.4 Å². The number of nitrogen functional groups attached to an aromatic ring is 1. The molecule has 190 valence electrons. The molecule has 0 saturated carbocycles. The molecule has 0 aliphatic heterocycles. The molecule has 0 radical (unpaired) electrons. The minimum absolute atomic E-state index is 0.0296. The zero-order valence-corrected chi connectivity index (χ0v) is 20.9. The quantitative estimate of drug-likeness (QED) is 0.234. The Morgan fingerprint density at radius 2 is 1.42 bits per heavy atom. The van der Waals surface area contributed by atoms with Crippen LogP contribution in [0.2, 0.25) is 0 Å². The largest absolute Gasteiger partial charge is 0.496 e. The van der Waals surface area contributed by atoms with Crippen LogP contribution in [-0.2, 0) is 10.0 Å². The van der Waals surface area contributed by atoms with Gasteiger partial charge in [0.1, 0.15) is 17.2 Å². The lowest BCUT2D eigenvalue weighted by Crippen LogP contribution is -2.11. The first-order valence-electron chi connectivity index (χ1n) is 10.5. The van der Waals surface area contributed by atoms with E-state index < -0.39 is 16.0 Å². The maximum absolute atomic E-state index is 12.8. The highest BCUT2D eigenvalue weighted by Gasteiger charge is 2.16. The predicted molar refractivity (Wildman–Crippen MR) is 136 cm³/mol. The second-order valence-electron chi connectivity index (χ2n) is 7.27. The third-order valence-electron chi connectivity index (χ3n) is 4.94. The summed E-state index contributed by atoms with van der Waals surface area (Å²) in [6, 6.07) is 13.7. The van der Waals surface area contributed by atoms with Crippen LogP contribution in [0.1, 0.15) is 15.9 Å². The molecule has 11 heteroatoms. The maximum atomic E-state index is 12.8. The molecule has 0 atom stereocenters. The van der Waals surface area contributed by atoms with Gasteiger partial charge in [0.25, 0.3) is 10.0 Å². The summed E-state index contributed by atoms with van der Waals surface area (Å²) in [5, 5.41) is 0.962. The Bertz CT molecular complexity index is 1340. The molecule has 0 aliphatic carbocycles. The Kier molecular flexibility index (Phi) is 8.28. The minimum Gasteiger partial charge on any atom is -0.496 e. The number of methoxy groups -OCH3 is 4. The SMILES string of the molecule is COc1cc(OC)c(/C=C/S(=O)(=O)Nc2ccc(OC)c(OC(=O)c3ccc(N)cc3)c2)c(OC)c1. The number of esters is 1. The van der Waals surface area contributed by atoms with Crippen molar-refractivity contribution in [2.75, 3.05) is 38.9 Å². The Labute approximate surface area is 209 Å². The summed E-state index contributed by atoms with van der Waals surface area (Å²) >= 11 is 0. The summed E-state index contributed by atoms with van der Waals surface area (Å²) in [5.41, 5.74) is 6.96. The Balaban J connectivity index is 1.85. The van der Waals surface area contributed by atoms with Crippen LogP contribution >= 0.6 is 0 Å². The van der Waals surface area contributed by atoms with E-state index in [1.807, 2.05) is 0 Å². The number of hydrogen-bond acceptors (Lipinski definition) is 9. The highest BCUT2D eigenvalue weighted by atomic mass is 32.2. The van der Waals surface area contributed by atoms with Gasteiger partial charge in [0.2, 0.25) is 0 Å². The molecule has 0 fully saturated rings. The number of carbonyl (C=O) groups is 1. The fourth-order valence-electron chi connectivity index (χ4n) is 3.15. The number of nitrogens with two attached hydrogens (primary N) is 1. The van der Waals surface area contributed by atoms with Crippen molar-refractivity contribution < 1.29 is 36.9 Å². The van der Waals surface area contributed by atoms with Crippen molar-refractivity contribution >= 4 is 33.4 Å². The number of nitrogens with one attached hydrogen (secondary N) is 1. The Hall–Kier alpha value is -4.38. The van der Waals surface area contributed by atoms with Gasteiger partial charge in [-0.3, -0.25) is 4.72 Å². The van der Waals surface area contributed by atoms with Crippen molar-refractivity contribution in [2.24, 2.45) is 0 Å². The van der Waals surface area contributed by atoms with E-state index in [-0.39, 0.29) is 22.7 Å². The van der Waals surface area contributed by atoms with Gasteiger partial charge in [0, 0.05) is 23.9 Å². The molecular weight excluding hydrogens is 488 g/mol. The van der Waals surface area contributed by atoms with Crippen LogP contribution in [0.4, 0.5) is 11.4 Å². The molecule has 0 unspecified atom stereocenters. The van der Waals surface area contributed by atoms with E-state index in [0.29, 0.717) is 28.5 Å². The van der Waals surface area contributed by atoms with E-state index in [9.17, 15) is 13.2 Å². The van der Waals surface area contributed by atoms with Gasteiger partial charge in [-0.2, -0.15) is 0 Å². The first-order chi connectivity index (χ1) is 17.2. The molecule has 0 aromatic heterocycles. The first-order valence-corrected chi connectivity index (χ1v) is 12.0. The molecule has 0 saturated heterocycles. The first kappa shape index (κ1) is 26.2. The zero-order chi connectivity index (χ0) is 26.3. The predicted octanol–water partition coefficient (Wildman–Crippen LogP) is 3.94. The van der Waals surface area contributed by atoms with Gasteiger partial charge in [0.05, 0.1) is 50.7 Å². The number of hydrogen-bond donors (Lipinski definition) is 2. The standard InChI is InChI=1S/C25H26N2O8S/c1-31-19-14-22(33-3)20(23(15-19)34-4)11-12-36(29,30)27-18-9-10-21(32-2)24(13-18)35-25(28)16-5-7-17(26)8-6-16/h5-15,27H,26H2,1-4H3/b12-11+. The number of benzene rings is 3. The summed E-state index contributed by atoms with van der Waals surface area (Å²) in [4.78, 5) is 12.5. The highest BCUT2D eigenvalue weighted by Crippen LogP contribution is 2.35. The fourth-order valence-corrected chi connectivity index (χ4v) is 3.99. The van der Waals surface area contributed by atoms with Crippen molar-refractivity contribution in [1.82, 2.24) is 0 Å². The van der Waals surface area contributed by atoms with Gasteiger partial charge in [-0.15, -0.1) is 0 Å². The van der Waals surface area contributed by atoms with Crippen LogP contribution in [0, 0.1) is 0 Å². The zero-order valence-electron chi connectivity index (χ0n) is 20.1. The molecule has 3 aromatic carbocycles. The smallest absolute Gasteiger partial charge is 0.343 e. The molecule has 0 spiro atoms. The van der Waals surface area contributed by atoms with Gasteiger partial charge >= 0.3 is 5.97 Å². The molecular formula is C25H26N2O8S. The molecule has 3 aromatic rings. The molecule has 0 heterocycles. The highest BCUT2D eigenvalue weighted by molar-refractivity contribution is 7.95. The van der Waals surface area contributed by atoms with Crippen molar-refractivity contribution in [3.63, 3.8) is 0 Å². The van der Waals surface area contributed by atoms with Gasteiger partial charge in [-0.1, -0.05) is 0 Å². The molecule has 36 heavy (non-hydrogen) atoms. The van der Waals surface area contributed by atoms with Gasteiger partial charge in [-0.25, -0.2) is 13.2 Å². The van der Waals surface area contributed by atoms with Crippen LogP contribution in [0.5, 0.6) is 28.7 Å². The van der Waals surface area contributed by atoms with E-state index in [0.717, 1.165) is 5.41 Å². The van der Waals surface area contributed by atoms with Crippen LogP contribution < -0.4 is 34.1 Å². The second-order valence-corrected chi connectivity index (χ2v) is 8.84. The summed E-state index contributed by atoms with van der Waals surface area (Å²) in [6.45, 7) is 0. The number of ether oxygens (including phenoxy) is 5. The van der Waals surface area contributed by atoms with Gasteiger partial charge in [0.15, 0.2) is 11.5 Å². The Morgan fingerprint density at radius 1 is 0.806 bits per heavy atom. The number of sulfonamides is 1. The average molecular weight is 515 g/mol. The van der Waals surface area contributed by atoms with E-state index in [2.05, 4.69) is 4.72 Å². The van der Waals surface area contributed by atoms with E-state index in [4.69, 9.17) is 29.4 Å². The average Bonchev–Trinajstić information content (AvgIpc) is 2.87. The monoisotopic (exact) mass is 514 g/mol. The minimum atomic E-state index is -3.99. The van der Waals surface area contributed by atoms with Crippen molar-refractivity contribution in [3.8, 4) is 28.7 Å². The summed E-state index contributed by atoms with van der Waals surface area (Å²) < 4.78 is 54.5. The summed E-state index contributed by atoms with van der Waals surface area (Å²) in [7, 11) is 1.80. The van der Waals surface area contributed by atoms with Crippen LogP contribution in [0.15, 0.2) is 60.0 Å². The van der Waals surface area contributed by atoms with Crippen molar-refractivity contribution in [1.29, 1.82) is 0 Å². The maximum Gasteiger partial charge on any atom is 0.343 e. The van der Waals surface area contributed by atoms with Crippen molar-refractivity contribution in [3.05, 3.63) is 71.1 Å². The fraction of sp³-hybridized carbons (Fsp3) is 0.160. The van der Waals surface area contributed by atoms with E-state index in [1.165, 1.54) is 64.8 Å². The molecule has 0 amide bonds. The topological polar surface area (TPSA) is 135 Å². The third kappa shape index (κ3) is 6.39. The van der Waals surface area contributed by atoms with Crippen LogP contribution in [0.25, 0.3) is 6.08 Å². The summed E-state index contributed by atoms with van der Waals surface area (Å²) in [5.74, 6) is 0.818. The number of carbonyl (C=O) groups excluding carboxylic acids is 1. The molecule has 3 N–H and O–H groups in total. The number of rotatable bonds is 10. The van der Waals surface area contributed by atoms with Gasteiger partial charge in [-0.05, 0) is 42.5 Å². The van der Waals surface area contributed by atoms with Crippen LogP contribution in [-0.4, -0.2) is 42.8 Å². The Morgan fingerprint density at radius 3 is 1.97 bits per heavy atom. The lowest BCUT2D eigenvalue weighted by molar-refractivity contribution is 0.0730. The summed E-state index contributed by atoms with van der Waals surface area (Å²) in [6.07, 6.45) is 1.34. The molecule has 10 nitrogen and oxygen atoms in total. The molecule has 0 bridgehead atoms. The van der Waals surface area contributed by atoms with Crippen LogP contribution in [0.3, 0.4) is 0 Å². The lowest BCUT2D eigenvalue weighted by Gasteiger charge is -2.13. The van der Waals surface area contributed by atoms with E-state index >= 15 is 0 Å². The second kappa shape index (κ2) is 11.4. The van der Waals surface area contributed by atoms with E-state index in [1.54, 1.807) is 24.3 Å². The normalized spacial score (nSPS) is 11.1. The van der Waals surface area contributed by atoms with Crippen molar-refractivity contribution in [2.45, 2.75) is 0 Å².